The molecule has 2 aromatic rings. The van der Waals surface area contributed by atoms with Crippen molar-refractivity contribution in [1.29, 1.82) is 0 Å². The Labute approximate surface area is 115 Å². The molecule has 94 valence electrons. The molecule has 0 aliphatic carbocycles. The van der Waals surface area contributed by atoms with Gasteiger partial charge in [0.2, 0.25) is 0 Å². The van der Waals surface area contributed by atoms with Crippen molar-refractivity contribution >= 4 is 15.9 Å². The molecule has 1 aromatic carbocycles. The van der Waals surface area contributed by atoms with Crippen LogP contribution in [0, 0.1) is 0 Å². The third-order valence-corrected chi connectivity index (χ3v) is 3.69. The monoisotopic (exact) mass is 306 g/mol. The number of halogens is 1. The number of aliphatic hydroxyl groups excluding tert-OH is 1. The fourth-order valence-electron chi connectivity index (χ4n) is 1.98. The fraction of sp³-hybridized carbons (Fsp3) is 0.214. The number of rotatable bonds is 4. The minimum Gasteiger partial charge on any atom is -0.388 e. The smallest absolute Gasteiger partial charge is 0.0885 e. The molecule has 0 aliphatic rings. The van der Waals surface area contributed by atoms with E-state index in [9.17, 15) is 5.11 Å². The van der Waals surface area contributed by atoms with Crippen LogP contribution in [-0.2, 0) is 0 Å². The van der Waals surface area contributed by atoms with Gasteiger partial charge in [-0.05, 0) is 23.3 Å². The maximum Gasteiger partial charge on any atom is 0.0885 e. The van der Waals surface area contributed by atoms with Gasteiger partial charge in [-0.1, -0.05) is 40.2 Å². The molecule has 0 bridgehead atoms. The van der Waals surface area contributed by atoms with Gasteiger partial charge in [0.15, 0.2) is 0 Å². The summed E-state index contributed by atoms with van der Waals surface area (Å²) in [7, 11) is 0. The van der Waals surface area contributed by atoms with Crippen LogP contribution in [0.15, 0.2) is 53.3 Å². The summed E-state index contributed by atoms with van der Waals surface area (Å²) in [6.07, 6.45) is 2.71. The van der Waals surface area contributed by atoms with Crippen molar-refractivity contribution in [3.8, 4) is 0 Å². The van der Waals surface area contributed by atoms with Crippen LogP contribution >= 0.6 is 15.9 Å². The highest BCUT2D eigenvalue weighted by Crippen LogP contribution is 2.33. The van der Waals surface area contributed by atoms with E-state index in [0.29, 0.717) is 6.54 Å². The first kappa shape index (κ1) is 13.2. The van der Waals surface area contributed by atoms with Gasteiger partial charge in [-0.15, -0.1) is 0 Å². The van der Waals surface area contributed by atoms with Crippen molar-refractivity contribution in [2.75, 3.05) is 6.54 Å². The molecule has 0 saturated carbocycles. The van der Waals surface area contributed by atoms with E-state index in [1.165, 1.54) is 0 Å². The van der Waals surface area contributed by atoms with E-state index in [-0.39, 0.29) is 5.92 Å². The lowest BCUT2D eigenvalue weighted by atomic mass is 9.90. The van der Waals surface area contributed by atoms with Crippen LogP contribution in [-0.4, -0.2) is 16.6 Å². The Morgan fingerprint density at radius 1 is 1.22 bits per heavy atom. The summed E-state index contributed by atoms with van der Waals surface area (Å²) in [5.41, 5.74) is 7.60. The molecule has 18 heavy (non-hydrogen) atoms. The van der Waals surface area contributed by atoms with Gasteiger partial charge >= 0.3 is 0 Å². The van der Waals surface area contributed by atoms with E-state index in [1.807, 2.05) is 36.4 Å². The first-order chi connectivity index (χ1) is 8.74. The number of hydrogen-bond acceptors (Lipinski definition) is 3. The predicted molar refractivity (Wildman–Crippen MR) is 75.1 cm³/mol. The first-order valence-electron chi connectivity index (χ1n) is 5.76. The summed E-state index contributed by atoms with van der Waals surface area (Å²) in [6, 6.07) is 11.5. The molecule has 2 unspecified atom stereocenters. The zero-order valence-corrected chi connectivity index (χ0v) is 11.4. The Bertz CT molecular complexity index is 504. The third kappa shape index (κ3) is 2.77. The maximum atomic E-state index is 10.4. The number of pyridine rings is 1. The lowest BCUT2D eigenvalue weighted by Gasteiger charge is -2.23. The summed E-state index contributed by atoms with van der Waals surface area (Å²) < 4.78 is 0.961. The average Bonchev–Trinajstić information content (AvgIpc) is 2.42. The molecule has 4 heteroatoms. The minimum absolute atomic E-state index is 0.148. The maximum absolute atomic E-state index is 10.4. The normalized spacial score (nSPS) is 14.2. The van der Waals surface area contributed by atoms with Crippen LogP contribution < -0.4 is 5.73 Å². The first-order valence-corrected chi connectivity index (χ1v) is 6.56. The topological polar surface area (TPSA) is 59.1 Å². The molecule has 2 rings (SSSR count). The van der Waals surface area contributed by atoms with Gasteiger partial charge in [0.05, 0.1) is 6.10 Å². The van der Waals surface area contributed by atoms with E-state index >= 15 is 0 Å². The van der Waals surface area contributed by atoms with E-state index in [1.54, 1.807) is 12.4 Å². The molecule has 1 aromatic heterocycles. The molecule has 3 N–H and O–H groups in total. The zero-order chi connectivity index (χ0) is 13.0. The van der Waals surface area contributed by atoms with Crippen molar-refractivity contribution in [3.05, 3.63) is 64.4 Å². The minimum atomic E-state index is -0.651. The Balaban J connectivity index is 2.32. The van der Waals surface area contributed by atoms with Crippen molar-refractivity contribution in [3.63, 3.8) is 0 Å². The number of hydrogen-bond donors (Lipinski definition) is 2. The summed E-state index contributed by atoms with van der Waals surface area (Å²) in [6.45, 7) is 0.374. The molecule has 1 heterocycles. The lowest BCUT2D eigenvalue weighted by Crippen LogP contribution is -2.20. The van der Waals surface area contributed by atoms with Crippen LogP contribution in [0.2, 0.25) is 0 Å². The van der Waals surface area contributed by atoms with Crippen LogP contribution in [0.25, 0.3) is 0 Å². The standard InChI is InChI=1S/C14H15BrN2O/c15-13-6-2-1-5-11(13)12(8-16)14(18)10-4-3-7-17-9-10/h1-7,9,12,14,18H,8,16H2. The Kier molecular flexibility index (Phi) is 4.47. The highest BCUT2D eigenvalue weighted by molar-refractivity contribution is 9.10. The Morgan fingerprint density at radius 2 is 2.00 bits per heavy atom. The molecule has 3 nitrogen and oxygen atoms in total. The van der Waals surface area contributed by atoms with E-state index < -0.39 is 6.10 Å². The van der Waals surface area contributed by atoms with Crippen LogP contribution in [0.3, 0.4) is 0 Å². The molecule has 2 atom stereocenters. The van der Waals surface area contributed by atoms with Crippen molar-refractivity contribution < 1.29 is 5.11 Å². The molecule has 0 spiro atoms. The van der Waals surface area contributed by atoms with E-state index in [4.69, 9.17) is 5.73 Å². The van der Waals surface area contributed by atoms with Gasteiger partial charge in [0, 0.05) is 29.3 Å². The van der Waals surface area contributed by atoms with Gasteiger partial charge < -0.3 is 10.8 Å². The quantitative estimate of drug-likeness (QED) is 0.913. The SMILES string of the molecule is NCC(c1ccccc1Br)C(O)c1cccnc1. The second-order valence-corrected chi connectivity index (χ2v) is 4.95. The van der Waals surface area contributed by atoms with Crippen molar-refractivity contribution in [1.82, 2.24) is 4.98 Å². The summed E-state index contributed by atoms with van der Waals surface area (Å²) in [5, 5.41) is 10.4. The summed E-state index contributed by atoms with van der Waals surface area (Å²) >= 11 is 3.50. The number of benzene rings is 1. The largest absolute Gasteiger partial charge is 0.388 e. The molecule has 0 aliphatic heterocycles. The number of nitrogens with zero attached hydrogens (tertiary/aromatic N) is 1. The Hall–Kier alpha value is -1.23. The number of nitrogens with two attached hydrogens (primary N) is 1. The molecular formula is C14H15BrN2O. The van der Waals surface area contributed by atoms with Crippen LogP contribution in [0.5, 0.6) is 0 Å². The molecule has 0 amide bonds. The van der Waals surface area contributed by atoms with Gasteiger partial charge in [-0.3, -0.25) is 4.98 Å². The highest BCUT2D eigenvalue weighted by Gasteiger charge is 2.23. The van der Waals surface area contributed by atoms with Crippen LogP contribution in [0.1, 0.15) is 23.1 Å². The summed E-state index contributed by atoms with van der Waals surface area (Å²) in [5.74, 6) is -0.148. The second kappa shape index (κ2) is 6.09. The van der Waals surface area contributed by atoms with Gasteiger partial charge in [0.1, 0.15) is 0 Å². The third-order valence-electron chi connectivity index (χ3n) is 2.97. The van der Waals surface area contributed by atoms with E-state index in [0.717, 1.165) is 15.6 Å². The van der Waals surface area contributed by atoms with Crippen molar-refractivity contribution in [2.45, 2.75) is 12.0 Å². The number of aliphatic hydroxyl groups is 1. The fourth-order valence-corrected chi connectivity index (χ4v) is 2.56. The average molecular weight is 307 g/mol. The number of aromatic nitrogens is 1. The molecule has 0 fully saturated rings. The zero-order valence-electron chi connectivity index (χ0n) is 9.83. The van der Waals surface area contributed by atoms with Crippen molar-refractivity contribution in [2.24, 2.45) is 5.73 Å². The Morgan fingerprint density at radius 3 is 2.61 bits per heavy atom. The molecular weight excluding hydrogens is 292 g/mol. The predicted octanol–water partition coefficient (Wildman–Crippen LogP) is 2.62. The van der Waals surface area contributed by atoms with Gasteiger partial charge in [-0.2, -0.15) is 0 Å². The molecule has 0 radical (unpaired) electrons. The lowest BCUT2D eigenvalue weighted by molar-refractivity contribution is 0.147. The second-order valence-electron chi connectivity index (χ2n) is 4.09. The highest BCUT2D eigenvalue weighted by atomic mass is 79.9. The van der Waals surface area contributed by atoms with Gasteiger partial charge in [-0.25, -0.2) is 0 Å². The van der Waals surface area contributed by atoms with E-state index in [2.05, 4.69) is 20.9 Å². The van der Waals surface area contributed by atoms with Crippen LogP contribution in [0.4, 0.5) is 0 Å². The molecule has 0 saturated heterocycles. The van der Waals surface area contributed by atoms with Gasteiger partial charge in [0.25, 0.3) is 0 Å². The summed E-state index contributed by atoms with van der Waals surface area (Å²) in [4.78, 5) is 4.03.